The number of hydrogen-bond donors (Lipinski definition) is 1. The van der Waals surface area contributed by atoms with Crippen LogP contribution >= 0.6 is 0 Å². The molecule has 2 heterocycles. The van der Waals surface area contributed by atoms with Crippen molar-refractivity contribution in [3.05, 3.63) is 42.0 Å². The van der Waals surface area contributed by atoms with Gasteiger partial charge in [0, 0.05) is 25.9 Å². The highest BCUT2D eigenvalue weighted by molar-refractivity contribution is 5.96. The number of rotatable bonds is 7. The number of aromatic nitrogens is 3. The van der Waals surface area contributed by atoms with E-state index in [1.807, 2.05) is 6.92 Å². The highest BCUT2D eigenvalue weighted by atomic mass is 16.6. The third-order valence-electron chi connectivity index (χ3n) is 4.06. The summed E-state index contributed by atoms with van der Waals surface area (Å²) in [6, 6.07) is 5.02. The lowest BCUT2D eigenvalue weighted by Gasteiger charge is -2.19. The molecule has 0 saturated carbocycles. The molecule has 1 atom stereocenters. The minimum atomic E-state index is -0.487. The van der Waals surface area contributed by atoms with Crippen molar-refractivity contribution in [2.24, 2.45) is 0 Å². The summed E-state index contributed by atoms with van der Waals surface area (Å²) < 4.78 is 12.2. The Labute approximate surface area is 150 Å². The molecular formula is C17H21N5O4. The van der Waals surface area contributed by atoms with Crippen LogP contribution in [-0.4, -0.2) is 59.7 Å². The molecule has 9 heteroatoms. The normalized spacial score (nSPS) is 15.0. The number of methoxy groups -OCH3 is 1. The zero-order chi connectivity index (χ0) is 18.5. The lowest BCUT2D eigenvalue weighted by atomic mass is 10.1. The van der Waals surface area contributed by atoms with Gasteiger partial charge >= 0.3 is 12.0 Å². The Morgan fingerprint density at radius 1 is 1.42 bits per heavy atom. The van der Waals surface area contributed by atoms with Crippen LogP contribution in [0.15, 0.2) is 30.9 Å². The van der Waals surface area contributed by atoms with Gasteiger partial charge in [-0.05, 0) is 30.7 Å². The van der Waals surface area contributed by atoms with Crippen LogP contribution < -0.4 is 10.2 Å². The minimum Gasteiger partial charge on any atom is -0.454 e. The number of amides is 2. The van der Waals surface area contributed by atoms with Crippen molar-refractivity contribution in [3.8, 4) is 0 Å². The Bertz CT molecular complexity index is 777. The molecule has 2 amide bonds. The first-order chi connectivity index (χ1) is 12.6. The summed E-state index contributed by atoms with van der Waals surface area (Å²) in [5, 5.41) is 6.77. The number of nitrogens with zero attached hydrogens (tertiary/aromatic N) is 4. The van der Waals surface area contributed by atoms with E-state index in [0.717, 1.165) is 11.3 Å². The third-order valence-corrected chi connectivity index (χ3v) is 4.06. The second-order valence-electron chi connectivity index (χ2n) is 5.99. The first kappa shape index (κ1) is 17.9. The Morgan fingerprint density at radius 2 is 2.27 bits per heavy atom. The van der Waals surface area contributed by atoms with Crippen LogP contribution in [0.3, 0.4) is 0 Å². The number of aryl methyl sites for hydroxylation is 1. The number of urea groups is 1. The topological polar surface area (TPSA) is 98.6 Å². The lowest BCUT2D eigenvalue weighted by Crippen LogP contribution is -2.29. The molecular weight excluding hydrogens is 338 g/mol. The molecule has 0 spiro atoms. The van der Waals surface area contributed by atoms with Crippen LogP contribution in [0, 0.1) is 6.92 Å². The van der Waals surface area contributed by atoms with Crippen molar-refractivity contribution in [1.29, 1.82) is 0 Å². The fourth-order valence-corrected chi connectivity index (χ4v) is 2.85. The Kier molecular flexibility index (Phi) is 5.47. The van der Waals surface area contributed by atoms with Crippen LogP contribution in [-0.2, 0) is 16.0 Å². The number of carbonyl (C=O) groups is 2. The van der Waals surface area contributed by atoms with Crippen molar-refractivity contribution in [3.63, 3.8) is 0 Å². The molecule has 0 unspecified atom stereocenters. The molecule has 9 nitrogen and oxygen atoms in total. The smallest absolute Gasteiger partial charge is 0.338 e. The van der Waals surface area contributed by atoms with Crippen LogP contribution in [0.1, 0.15) is 15.9 Å². The summed E-state index contributed by atoms with van der Waals surface area (Å²) in [4.78, 5) is 29.8. The van der Waals surface area contributed by atoms with Crippen LogP contribution in [0.2, 0.25) is 0 Å². The molecule has 1 aromatic heterocycles. The molecule has 1 aliphatic rings. The summed E-state index contributed by atoms with van der Waals surface area (Å²) in [5.41, 5.74) is 2.04. The summed E-state index contributed by atoms with van der Waals surface area (Å²) >= 11 is 0. The van der Waals surface area contributed by atoms with Gasteiger partial charge in [-0.25, -0.2) is 19.3 Å². The van der Waals surface area contributed by atoms with E-state index < -0.39 is 12.1 Å². The van der Waals surface area contributed by atoms with Gasteiger partial charge in [-0.3, -0.25) is 4.90 Å². The van der Waals surface area contributed by atoms with Gasteiger partial charge in [0.05, 0.1) is 18.7 Å². The van der Waals surface area contributed by atoms with E-state index in [9.17, 15) is 9.59 Å². The molecule has 1 saturated heterocycles. The summed E-state index contributed by atoms with van der Waals surface area (Å²) in [7, 11) is 1.54. The standard InChI is InChI=1S/C17H21N5O4/c1-12-7-13(3-4-15(12)22-6-5-19-17(22)24)16(23)26-14(9-25-2)8-21-11-18-10-20-21/h3-4,7,10-11,14H,5-6,8-9H2,1-2H3,(H,19,24)/t14-/m1/s1. The number of benzene rings is 1. The van der Waals surface area contributed by atoms with Crippen molar-refractivity contribution in [2.45, 2.75) is 19.6 Å². The fourth-order valence-electron chi connectivity index (χ4n) is 2.85. The number of hydrogen-bond acceptors (Lipinski definition) is 6. The molecule has 1 N–H and O–H groups in total. The van der Waals surface area contributed by atoms with Gasteiger partial charge in [0.2, 0.25) is 0 Å². The molecule has 138 valence electrons. The quantitative estimate of drug-likeness (QED) is 0.740. The van der Waals surface area contributed by atoms with E-state index in [4.69, 9.17) is 9.47 Å². The second kappa shape index (κ2) is 7.96. The predicted molar refractivity (Wildman–Crippen MR) is 93.0 cm³/mol. The molecule has 26 heavy (non-hydrogen) atoms. The van der Waals surface area contributed by atoms with Gasteiger partial charge in [0.25, 0.3) is 0 Å². The molecule has 0 radical (unpaired) electrons. The molecule has 1 fully saturated rings. The minimum absolute atomic E-state index is 0.128. The monoisotopic (exact) mass is 359 g/mol. The molecule has 3 rings (SSSR count). The van der Waals surface area contributed by atoms with Gasteiger partial charge in [-0.1, -0.05) is 0 Å². The number of anilines is 1. The zero-order valence-electron chi connectivity index (χ0n) is 14.7. The van der Waals surface area contributed by atoms with E-state index in [1.54, 1.807) is 41.2 Å². The second-order valence-corrected chi connectivity index (χ2v) is 5.99. The third kappa shape index (κ3) is 3.99. The zero-order valence-corrected chi connectivity index (χ0v) is 14.7. The SMILES string of the molecule is COC[C@@H](Cn1cncn1)OC(=O)c1ccc(N2CCNC2=O)c(C)c1. The van der Waals surface area contributed by atoms with Gasteiger partial charge < -0.3 is 14.8 Å². The molecule has 1 aromatic carbocycles. The molecule has 1 aliphatic heterocycles. The number of nitrogens with one attached hydrogen (secondary N) is 1. The first-order valence-corrected chi connectivity index (χ1v) is 8.27. The largest absolute Gasteiger partial charge is 0.454 e. The van der Waals surface area contributed by atoms with Crippen LogP contribution in [0.25, 0.3) is 0 Å². The van der Waals surface area contributed by atoms with Gasteiger partial charge in [0.1, 0.15) is 18.8 Å². The summed E-state index contributed by atoms with van der Waals surface area (Å²) in [6.07, 6.45) is 2.48. The fraction of sp³-hybridized carbons (Fsp3) is 0.412. The van der Waals surface area contributed by atoms with E-state index >= 15 is 0 Å². The van der Waals surface area contributed by atoms with E-state index in [0.29, 0.717) is 25.2 Å². The number of carbonyl (C=O) groups excluding carboxylic acids is 2. The Hall–Kier alpha value is -2.94. The Balaban J connectivity index is 1.70. The number of ether oxygens (including phenoxy) is 2. The maximum Gasteiger partial charge on any atom is 0.338 e. The molecule has 0 aliphatic carbocycles. The molecule has 0 bridgehead atoms. The lowest BCUT2D eigenvalue weighted by molar-refractivity contribution is -0.000870. The highest BCUT2D eigenvalue weighted by Crippen LogP contribution is 2.23. The van der Waals surface area contributed by atoms with Gasteiger partial charge in [-0.2, -0.15) is 5.10 Å². The van der Waals surface area contributed by atoms with Crippen LogP contribution in [0.5, 0.6) is 0 Å². The van der Waals surface area contributed by atoms with Crippen molar-refractivity contribution < 1.29 is 19.1 Å². The predicted octanol–water partition coefficient (Wildman–Crippen LogP) is 0.988. The van der Waals surface area contributed by atoms with E-state index in [-0.39, 0.29) is 12.6 Å². The maximum absolute atomic E-state index is 12.5. The van der Waals surface area contributed by atoms with E-state index in [2.05, 4.69) is 15.4 Å². The highest BCUT2D eigenvalue weighted by Gasteiger charge is 2.24. The Morgan fingerprint density at radius 3 is 2.88 bits per heavy atom. The van der Waals surface area contributed by atoms with Crippen LogP contribution in [0.4, 0.5) is 10.5 Å². The summed E-state index contributed by atoms with van der Waals surface area (Å²) in [5.74, 6) is -0.451. The van der Waals surface area contributed by atoms with E-state index in [1.165, 1.54) is 6.33 Å². The average Bonchev–Trinajstić information content (AvgIpc) is 3.27. The first-order valence-electron chi connectivity index (χ1n) is 8.27. The van der Waals surface area contributed by atoms with Crippen molar-refractivity contribution in [1.82, 2.24) is 20.1 Å². The summed E-state index contributed by atoms with van der Waals surface area (Å²) in [6.45, 7) is 3.68. The maximum atomic E-state index is 12.5. The average molecular weight is 359 g/mol. The molecule has 2 aromatic rings. The van der Waals surface area contributed by atoms with Crippen molar-refractivity contribution >= 4 is 17.7 Å². The van der Waals surface area contributed by atoms with Gasteiger partial charge in [0.15, 0.2) is 0 Å². The number of esters is 1. The van der Waals surface area contributed by atoms with Gasteiger partial charge in [-0.15, -0.1) is 0 Å². The van der Waals surface area contributed by atoms with Crippen molar-refractivity contribution in [2.75, 3.05) is 31.7 Å².